The number of carbonyl (C=O) groups is 1. The van der Waals surface area contributed by atoms with E-state index in [4.69, 9.17) is 0 Å². The molecule has 2 amide bonds. The van der Waals surface area contributed by atoms with Gasteiger partial charge in [-0.3, -0.25) is 0 Å². The van der Waals surface area contributed by atoms with Gasteiger partial charge >= 0.3 is 6.03 Å². The van der Waals surface area contributed by atoms with Crippen molar-refractivity contribution >= 4 is 17.4 Å². The highest BCUT2D eigenvalue weighted by Crippen LogP contribution is 2.12. The lowest BCUT2D eigenvalue weighted by Crippen LogP contribution is -2.48. The summed E-state index contributed by atoms with van der Waals surface area (Å²) in [7, 11) is 3.61. The third-order valence-corrected chi connectivity index (χ3v) is 4.24. The fraction of sp³-hybridized carbons (Fsp3) is 0.692. The molecule has 0 atom stereocenters. The van der Waals surface area contributed by atoms with Crippen molar-refractivity contribution in [1.29, 1.82) is 0 Å². The molecule has 1 aromatic heterocycles. The van der Waals surface area contributed by atoms with Gasteiger partial charge in [0.05, 0.1) is 5.01 Å². The highest BCUT2D eigenvalue weighted by molar-refractivity contribution is 7.09. The van der Waals surface area contributed by atoms with Gasteiger partial charge in [-0.25, -0.2) is 9.78 Å². The van der Waals surface area contributed by atoms with Crippen LogP contribution in [0.5, 0.6) is 0 Å². The lowest BCUT2D eigenvalue weighted by molar-refractivity contribution is 0.152. The Morgan fingerprint density at radius 1 is 1.53 bits per heavy atom. The SMILES string of the molecule is CN(C)C(=O)N1CCC(NCCc2nccs2)CC1. The number of piperidine rings is 1. The van der Waals surface area contributed by atoms with Crippen LogP contribution in [0.4, 0.5) is 4.79 Å². The summed E-state index contributed by atoms with van der Waals surface area (Å²) in [5.41, 5.74) is 0. The van der Waals surface area contributed by atoms with E-state index in [1.807, 2.05) is 16.5 Å². The average Bonchev–Trinajstić information content (AvgIpc) is 2.92. The Morgan fingerprint density at radius 3 is 2.84 bits per heavy atom. The van der Waals surface area contributed by atoms with Gasteiger partial charge in [0.15, 0.2) is 0 Å². The summed E-state index contributed by atoms with van der Waals surface area (Å²) < 4.78 is 0. The Bertz CT molecular complexity index is 385. The van der Waals surface area contributed by atoms with Crippen LogP contribution in [0.25, 0.3) is 0 Å². The van der Waals surface area contributed by atoms with Crippen LogP contribution in [0.1, 0.15) is 17.8 Å². The molecule has 0 bridgehead atoms. The highest BCUT2D eigenvalue weighted by Gasteiger charge is 2.23. The third-order valence-electron chi connectivity index (χ3n) is 3.40. The van der Waals surface area contributed by atoms with Crippen LogP contribution < -0.4 is 5.32 Å². The van der Waals surface area contributed by atoms with Crippen molar-refractivity contribution in [1.82, 2.24) is 20.1 Å². The number of urea groups is 1. The minimum Gasteiger partial charge on any atom is -0.331 e. The molecule has 1 fully saturated rings. The van der Waals surface area contributed by atoms with Gasteiger partial charge in [0.1, 0.15) is 0 Å². The van der Waals surface area contributed by atoms with E-state index in [9.17, 15) is 4.79 Å². The Morgan fingerprint density at radius 2 is 2.26 bits per heavy atom. The van der Waals surface area contributed by atoms with Gasteiger partial charge in [-0.05, 0) is 12.8 Å². The fourth-order valence-corrected chi connectivity index (χ4v) is 2.94. The maximum Gasteiger partial charge on any atom is 0.319 e. The molecular formula is C13H22N4OS. The molecule has 1 aliphatic rings. The Hall–Kier alpha value is -1.14. The molecular weight excluding hydrogens is 260 g/mol. The first-order valence-electron chi connectivity index (χ1n) is 6.75. The second-order valence-electron chi connectivity index (χ2n) is 5.07. The van der Waals surface area contributed by atoms with Gasteiger partial charge in [0.25, 0.3) is 0 Å². The molecule has 106 valence electrons. The molecule has 0 aliphatic carbocycles. The largest absolute Gasteiger partial charge is 0.331 e. The minimum atomic E-state index is 0.126. The predicted octanol–water partition coefficient (Wildman–Crippen LogP) is 1.42. The third kappa shape index (κ3) is 4.18. The van der Waals surface area contributed by atoms with E-state index in [2.05, 4.69) is 10.3 Å². The number of hydrogen-bond acceptors (Lipinski definition) is 4. The fourth-order valence-electron chi connectivity index (χ4n) is 2.32. The molecule has 1 aliphatic heterocycles. The molecule has 0 unspecified atom stereocenters. The number of carbonyl (C=O) groups excluding carboxylic acids is 1. The minimum absolute atomic E-state index is 0.126. The van der Waals surface area contributed by atoms with E-state index < -0.39 is 0 Å². The smallest absolute Gasteiger partial charge is 0.319 e. The Kier molecular flexibility index (Phi) is 5.15. The van der Waals surface area contributed by atoms with Gasteiger partial charge in [0.2, 0.25) is 0 Å². The Labute approximate surface area is 118 Å². The van der Waals surface area contributed by atoms with Crippen molar-refractivity contribution in [2.24, 2.45) is 0 Å². The molecule has 1 saturated heterocycles. The lowest BCUT2D eigenvalue weighted by atomic mass is 10.1. The van der Waals surface area contributed by atoms with Crippen LogP contribution in [0, 0.1) is 0 Å². The molecule has 0 aromatic carbocycles. The number of nitrogens with zero attached hydrogens (tertiary/aromatic N) is 3. The zero-order valence-corrected chi connectivity index (χ0v) is 12.4. The van der Waals surface area contributed by atoms with Crippen LogP contribution in [0.15, 0.2) is 11.6 Å². The maximum absolute atomic E-state index is 11.8. The maximum atomic E-state index is 11.8. The van der Waals surface area contributed by atoms with E-state index in [1.165, 1.54) is 5.01 Å². The van der Waals surface area contributed by atoms with Crippen molar-refractivity contribution in [3.63, 3.8) is 0 Å². The van der Waals surface area contributed by atoms with Crippen molar-refractivity contribution in [3.05, 3.63) is 16.6 Å². The molecule has 0 spiro atoms. The molecule has 5 nitrogen and oxygen atoms in total. The van der Waals surface area contributed by atoms with Gasteiger partial charge in [-0.1, -0.05) is 0 Å². The molecule has 2 rings (SSSR count). The molecule has 19 heavy (non-hydrogen) atoms. The van der Waals surface area contributed by atoms with Crippen molar-refractivity contribution in [3.8, 4) is 0 Å². The zero-order valence-electron chi connectivity index (χ0n) is 11.6. The van der Waals surface area contributed by atoms with Gasteiger partial charge in [-0.2, -0.15) is 0 Å². The molecule has 6 heteroatoms. The van der Waals surface area contributed by atoms with Crippen molar-refractivity contribution in [2.75, 3.05) is 33.7 Å². The van der Waals surface area contributed by atoms with Crippen LogP contribution in [0.3, 0.4) is 0 Å². The van der Waals surface area contributed by atoms with Crippen LogP contribution in [-0.2, 0) is 6.42 Å². The van der Waals surface area contributed by atoms with E-state index in [0.717, 1.165) is 38.9 Å². The number of nitrogens with one attached hydrogen (secondary N) is 1. The van der Waals surface area contributed by atoms with Crippen LogP contribution >= 0.6 is 11.3 Å². The summed E-state index contributed by atoms with van der Waals surface area (Å²) in [5, 5.41) is 6.77. The summed E-state index contributed by atoms with van der Waals surface area (Å²) >= 11 is 1.71. The first-order valence-corrected chi connectivity index (χ1v) is 7.63. The zero-order chi connectivity index (χ0) is 13.7. The van der Waals surface area contributed by atoms with Crippen molar-refractivity contribution in [2.45, 2.75) is 25.3 Å². The predicted molar refractivity (Wildman–Crippen MR) is 77.5 cm³/mol. The first kappa shape index (κ1) is 14.3. The summed E-state index contributed by atoms with van der Waals surface area (Å²) in [4.78, 5) is 19.7. The average molecular weight is 282 g/mol. The van der Waals surface area contributed by atoms with E-state index in [0.29, 0.717) is 6.04 Å². The molecule has 1 N–H and O–H groups in total. The van der Waals surface area contributed by atoms with E-state index >= 15 is 0 Å². The number of hydrogen-bond donors (Lipinski definition) is 1. The monoisotopic (exact) mass is 282 g/mol. The molecule has 2 heterocycles. The number of rotatable bonds is 4. The Balaban J connectivity index is 1.65. The molecule has 1 aromatic rings. The number of amides is 2. The lowest BCUT2D eigenvalue weighted by Gasteiger charge is -2.34. The summed E-state index contributed by atoms with van der Waals surface area (Å²) in [6.45, 7) is 2.68. The quantitative estimate of drug-likeness (QED) is 0.908. The highest BCUT2D eigenvalue weighted by atomic mass is 32.1. The van der Waals surface area contributed by atoms with Crippen molar-refractivity contribution < 1.29 is 4.79 Å². The normalized spacial score (nSPS) is 16.6. The second kappa shape index (κ2) is 6.86. The van der Waals surface area contributed by atoms with E-state index in [1.54, 1.807) is 30.3 Å². The summed E-state index contributed by atoms with van der Waals surface area (Å²) in [6.07, 6.45) is 4.93. The van der Waals surface area contributed by atoms with E-state index in [-0.39, 0.29) is 6.03 Å². The first-order chi connectivity index (χ1) is 9.16. The van der Waals surface area contributed by atoms with Crippen LogP contribution in [0.2, 0.25) is 0 Å². The standard InChI is InChI=1S/C13H22N4OS/c1-16(2)13(18)17-8-4-11(5-9-17)14-6-3-12-15-7-10-19-12/h7,10-11,14H,3-6,8-9H2,1-2H3. The van der Waals surface area contributed by atoms with Gasteiger partial charge in [-0.15, -0.1) is 11.3 Å². The van der Waals surface area contributed by atoms with Gasteiger partial charge in [0, 0.05) is 57.8 Å². The second-order valence-corrected chi connectivity index (χ2v) is 6.05. The molecule has 0 saturated carbocycles. The number of aromatic nitrogens is 1. The van der Waals surface area contributed by atoms with Gasteiger partial charge < -0.3 is 15.1 Å². The number of thiazole rings is 1. The number of likely N-dealkylation sites (tertiary alicyclic amines) is 1. The summed E-state index contributed by atoms with van der Waals surface area (Å²) in [5.74, 6) is 0. The van der Waals surface area contributed by atoms with Crippen LogP contribution in [-0.4, -0.2) is 60.6 Å². The molecule has 0 radical (unpaired) electrons. The topological polar surface area (TPSA) is 48.5 Å². The summed E-state index contributed by atoms with van der Waals surface area (Å²) in [6, 6.07) is 0.660.